The SMILES string of the molecule is CCOC(CC)C(=O)Cc1sccc1Br. The van der Waals surface area contributed by atoms with Gasteiger partial charge in [-0.1, -0.05) is 6.92 Å². The van der Waals surface area contributed by atoms with Crippen LogP contribution in [0.4, 0.5) is 0 Å². The number of carbonyl (C=O) groups excluding carboxylic acids is 1. The van der Waals surface area contributed by atoms with Crippen molar-refractivity contribution in [3.8, 4) is 0 Å². The van der Waals surface area contributed by atoms with Crippen molar-refractivity contribution in [3.05, 3.63) is 20.8 Å². The van der Waals surface area contributed by atoms with E-state index in [0.29, 0.717) is 13.0 Å². The lowest BCUT2D eigenvalue weighted by Crippen LogP contribution is -2.25. The van der Waals surface area contributed by atoms with Crippen LogP contribution in [0.5, 0.6) is 0 Å². The average molecular weight is 291 g/mol. The van der Waals surface area contributed by atoms with E-state index in [9.17, 15) is 4.79 Å². The fraction of sp³-hybridized carbons (Fsp3) is 0.545. The molecule has 0 aliphatic rings. The summed E-state index contributed by atoms with van der Waals surface area (Å²) in [6.07, 6.45) is 0.968. The number of hydrogen-bond acceptors (Lipinski definition) is 3. The van der Waals surface area contributed by atoms with Crippen molar-refractivity contribution in [2.75, 3.05) is 6.61 Å². The molecule has 1 heterocycles. The van der Waals surface area contributed by atoms with Crippen molar-refractivity contribution in [3.63, 3.8) is 0 Å². The van der Waals surface area contributed by atoms with Crippen LogP contribution in [-0.2, 0) is 16.0 Å². The highest BCUT2D eigenvalue weighted by atomic mass is 79.9. The molecule has 0 fully saturated rings. The third kappa shape index (κ3) is 3.70. The van der Waals surface area contributed by atoms with E-state index in [2.05, 4.69) is 15.9 Å². The minimum absolute atomic E-state index is 0.169. The Morgan fingerprint density at radius 3 is 2.80 bits per heavy atom. The van der Waals surface area contributed by atoms with E-state index >= 15 is 0 Å². The lowest BCUT2D eigenvalue weighted by Gasteiger charge is -2.12. The predicted molar refractivity (Wildman–Crippen MR) is 66.4 cm³/mol. The van der Waals surface area contributed by atoms with Crippen LogP contribution in [0.1, 0.15) is 25.1 Å². The third-order valence-electron chi connectivity index (χ3n) is 2.12. The number of Topliss-reactive ketones (excluding diaryl/α,β-unsaturated/α-hetero) is 1. The fourth-order valence-electron chi connectivity index (χ4n) is 1.36. The van der Waals surface area contributed by atoms with Gasteiger partial charge in [-0.15, -0.1) is 11.3 Å². The highest BCUT2D eigenvalue weighted by molar-refractivity contribution is 9.10. The molecule has 0 saturated heterocycles. The Morgan fingerprint density at radius 1 is 1.60 bits per heavy atom. The van der Waals surface area contributed by atoms with E-state index in [0.717, 1.165) is 15.8 Å². The molecular formula is C11H15BrO2S. The third-order valence-corrected chi connectivity index (χ3v) is 4.05. The van der Waals surface area contributed by atoms with Crippen molar-refractivity contribution in [2.24, 2.45) is 0 Å². The highest BCUT2D eigenvalue weighted by Crippen LogP contribution is 2.24. The van der Waals surface area contributed by atoms with Gasteiger partial charge in [-0.25, -0.2) is 0 Å². The summed E-state index contributed by atoms with van der Waals surface area (Å²) >= 11 is 5.02. The summed E-state index contributed by atoms with van der Waals surface area (Å²) in [5.74, 6) is 0.169. The Morgan fingerprint density at radius 2 is 2.33 bits per heavy atom. The second kappa shape index (κ2) is 6.40. The monoisotopic (exact) mass is 290 g/mol. The van der Waals surface area contributed by atoms with Crippen molar-refractivity contribution in [2.45, 2.75) is 32.8 Å². The van der Waals surface area contributed by atoms with Gasteiger partial charge in [0, 0.05) is 22.4 Å². The molecule has 0 radical (unpaired) electrons. The number of halogens is 1. The first-order valence-corrected chi connectivity index (χ1v) is 6.72. The second-order valence-corrected chi connectivity index (χ2v) is 5.04. The maximum atomic E-state index is 11.8. The summed E-state index contributed by atoms with van der Waals surface area (Å²) in [6, 6.07) is 1.97. The van der Waals surface area contributed by atoms with Gasteiger partial charge in [0.2, 0.25) is 0 Å². The molecule has 0 aliphatic heterocycles. The quantitative estimate of drug-likeness (QED) is 0.802. The Bertz CT molecular complexity index is 322. The normalized spacial score (nSPS) is 12.7. The number of ketones is 1. The van der Waals surface area contributed by atoms with Crippen LogP contribution in [0.3, 0.4) is 0 Å². The fourth-order valence-corrected chi connectivity index (χ4v) is 2.87. The van der Waals surface area contributed by atoms with Gasteiger partial charge in [-0.2, -0.15) is 0 Å². The molecule has 1 aromatic heterocycles. The molecule has 15 heavy (non-hydrogen) atoms. The van der Waals surface area contributed by atoms with Crippen LogP contribution < -0.4 is 0 Å². The van der Waals surface area contributed by atoms with Gasteiger partial charge in [0.15, 0.2) is 5.78 Å². The summed E-state index contributed by atoms with van der Waals surface area (Å²) in [5, 5.41) is 1.98. The zero-order valence-electron chi connectivity index (χ0n) is 8.96. The molecule has 0 amide bonds. The lowest BCUT2D eigenvalue weighted by molar-refractivity contribution is -0.129. The van der Waals surface area contributed by atoms with E-state index in [-0.39, 0.29) is 11.9 Å². The van der Waals surface area contributed by atoms with Gasteiger partial charge in [-0.3, -0.25) is 4.79 Å². The van der Waals surface area contributed by atoms with Crippen LogP contribution in [0.25, 0.3) is 0 Å². The molecule has 1 unspecified atom stereocenters. The van der Waals surface area contributed by atoms with Crippen LogP contribution >= 0.6 is 27.3 Å². The molecule has 0 aliphatic carbocycles. The Labute approximate surface area is 103 Å². The van der Waals surface area contributed by atoms with E-state index in [1.165, 1.54) is 0 Å². The number of hydrogen-bond donors (Lipinski definition) is 0. The Hall–Kier alpha value is -0.190. The predicted octanol–water partition coefficient (Wildman–Crippen LogP) is 3.44. The largest absolute Gasteiger partial charge is 0.371 e. The van der Waals surface area contributed by atoms with Crippen molar-refractivity contribution in [1.82, 2.24) is 0 Å². The summed E-state index contributed by atoms with van der Waals surface area (Å²) in [4.78, 5) is 12.9. The van der Waals surface area contributed by atoms with E-state index in [4.69, 9.17) is 4.74 Å². The first-order valence-electron chi connectivity index (χ1n) is 5.05. The van der Waals surface area contributed by atoms with Crippen LogP contribution in [0.2, 0.25) is 0 Å². The molecular weight excluding hydrogens is 276 g/mol. The number of rotatable bonds is 6. The zero-order chi connectivity index (χ0) is 11.3. The maximum Gasteiger partial charge on any atom is 0.166 e. The molecule has 2 nitrogen and oxygen atoms in total. The minimum atomic E-state index is -0.246. The molecule has 0 N–H and O–H groups in total. The zero-order valence-corrected chi connectivity index (χ0v) is 11.4. The van der Waals surface area contributed by atoms with Gasteiger partial charge in [-0.05, 0) is 40.7 Å². The highest BCUT2D eigenvalue weighted by Gasteiger charge is 2.18. The van der Waals surface area contributed by atoms with Gasteiger partial charge >= 0.3 is 0 Å². The summed E-state index contributed by atoms with van der Waals surface area (Å²) < 4.78 is 6.40. The van der Waals surface area contributed by atoms with Gasteiger partial charge in [0.05, 0.1) is 0 Å². The van der Waals surface area contributed by atoms with Crippen molar-refractivity contribution in [1.29, 1.82) is 0 Å². The molecule has 84 valence electrons. The first-order chi connectivity index (χ1) is 7.19. The standard InChI is InChI=1S/C11H15BrO2S/c1-3-10(14-4-2)9(13)7-11-8(12)5-6-15-11/h5-6,10H,3-4,7H2,1-2H3. The maximum absolute atomic E-state index is 11.8. The Balaban J connectivity index is 2.58. The van der Waals surface area contributed by atoms with Crippen LogP contribution in [0, 0.1) is 0 Å². The molecule has 4 heteroatoms. The summed E-state index contributed by atoms with van der Waals surface area (Å²) in [5.41, 5.74) is 0. The summed E-state index contributed by atoms with van der Waals surface area (Å²) in [7, 11) is 0. The minimum Gasteiger partial charge on any atom is -0.371 e. The van der Waals surface area contributed by atoms with Gasteiger partial charge in [0.25, 0.3) is 0 Å². The molecule has 0 aromatic carbocycles. The molecule has 1 atom stereocenters. The van der Waals surface area contributed by atoms with Crippen molar-refractivity contribution < 1.29 is 9.53 Å². The summed E-state index contributed by atoms with van der Waals surface area (Å²) in [6.45, 7) is 4.48. The van der Waals surface area contributed by atoms with E-state index < -0.39 is 0 Å². The topological polar surface area (TPSA) is 26.3 Å². The molecule has 0 spiro atoms. The number of thiophene rings is 1. The first kappa shape index (κ1) is 12.9. The van der Waals surface area contributed by atoms with Gasteiger partial charge < -0.3 is 4.74 Å². The Kier molecular flexibility index (Phi) is 5.50. The number of carbonyl (C=O) groups is 1. The average Bonchev–Trinajstić information content (AvgIpc) is 2.60. The second-order valence-electron chi connectivity index (χ2n) is 3.19. The van der Waals surface area contributed by atoms with Crippen molar-refractivity contribution >= 4 is 33.0 Å². The number of ether oxygens (including phenoxy) is 1. The molecule has 1 aromatic rings. The van der Waals surface area contributed by atoms with Crippen LogP contribution in [0.15, 0.2) is 15.9 Å². The van der Waals surface area contributed by atoms with E-state index in [1.807, 2.05) is 25.3 Å². The van der Waals surface area contributed by atoms with E-state index in [1.54, 1.807) is 11.3 Å². The van der Waals surface area contributed by atoms with Gasteiger partial charge in [0.1, 0.15) is 6.10 Å². The lowest BCUT2D eigenvalue weighted by atomic mass is 10.1. The molecule has 0 bridgehead atoms. The molecule has 1 rings (SSSR count). The van der Waals surface area contributed by atoms with Crippen LogP contribution in [-0.4, -0.2) is 18.5 Å². The molecule has 0 saturated carbocycles. The smallest absolute Gasteiger partial charge is 0.166 e.